The van der Waals surface area contributed by atoms with E-state index >= 15 is 0 Å². The Balaban J connectivity index is 0.000000112. The molecule has 0 saturated carbocycles. The monoisotopic (exact) mass is 88.1 g/mol. The molecule has 0 unspecified atom stereocenters. The van der Waals surface area contributed by atoms with E-state index in [0.29, 0.717) is 0 Å². The third-order valence-corrected chi connectivity index (χ3v) is 0.500. The Morgan fingerprint density at radius 1 is 1.00 bits per heavy atom. The standard InChI is InChI=1S/C2H6N2.C2H6/c1-3-2-4-1;1-2/h3-4H,1-2H2;1-2H3. The van der Waals surface area contributed by atoms with Crippen LogP contribution in [0, 0.1) is 0 Å². The van der Waals surface area contributed by atoms with Crippen molar-refractivity contribution < 1.29 is 0 Å². The number of hydrogen-bond acceptors (Lipinski definition) is 2. The van der Waals surface area contributed by atoms with Crippen LogP contribution >= 0.6 is 0 Å². The van der Waals surface area contributed by atoms with Crippen molar-refractivity contribution in [2.75, 3.05) is 13.3 Å². The first-order chi connectivity index (χ1) is 3.00. The van der Waals surface area contributed by atoms with Crippen molar-refractivity contribution in [1.29, 1.82) is 0 Å². The summed E-state index contributed by atoms with van der Waals surface area (Å²) < 4.78 is 0. The zero-order chi connectivity index (χ0) is 4.83. The van der Waals surface area contributed by atoms with Gasteiger partial charge >= 0.3 is 0 Å². The Morgan fingerprint density at radius 3 is 1.17 bits per heavy atom. The van der Waals surface area contributed by atoms with E-state index in [1.165, 1.54) is 0 Å². The maximum absolute atomic E-state index is 3.00. The van der Waals surface area contributed by atoms with Gasteiger partial charge in [0.2, 0.25) is 0 Å². The van der Waals surface area contributed by atoms with Crippen LogP contribution in [0.1, 0.15) is 13.8 Å². The van der Waals surface area contributed by atoms with Gasteiger partial charge in [0.1, 0.15) is 0 Å². The van der Waals surface area contributed by atoms with Gasteiger partial charge in [-0.25, -0.2) is 0 Å². The second kappa shape index (κ2) is 4.92. The predicted octanol–water partition coefficient (Wildman–Crippen LogP) is 0.120. The summed E-state index contributed by atoms with van der Waals surface area (Å²) in [7, 11) is 0. The fraction of sp³-hybridized carbons (Fsp3) is 1.00. The van der Waals surface area contributed by atoms with E-state index in [0.717, 1.165) is 13.3 Å². The zero-order valence-electron chi connectivity index (χ0n) is 4.41. The fourth-order valence-electron chi connectivity index (χ4n) is 0.125. The summed E-state index contributed by atoms with van der Waals surface area (Å²) in [6.45, 7) is 6.00. The highest BCUT2D eigenvalue weighted by atomic mass is 15.2. The first-order valence-corrected chi connectivity index (χ1v) is 2.41. The third kappa shape index (κ3) is 2.18. The van der Waals surface area contributed by atoms with Gasteiger partial charge in [0.05, 0.1) is 0 Å². The molecule has 0 spiro atoms. The molecule has 38 valence electrons. The second-order valence-electron chi connectivity index (χ2n) is 0.854. The van der Waals surface area contributed by atoms with Crippen LogP contribution in [0.2, 0.25) is 0 Å². The molecule has 1 aliphatic heterocycles. The largest absolute Gasteiger partial charge is 0.292 e. The highest BCUT2D eigenvalue weighted by Gasteiger charge is 1.89. The minimum absolute atomic E-state index is 1.00. The molecule has 2 N–H and O–H groups in total. The maximum Gasteiger partial charge on any atom is 0.0474 e. The summed E-state index contributed by atoms with van der Waals surface area (Å²) in [5.74, 6) is 0. The Morgan fingerprint density at radius 2 is 1.17 bits per heavy atom. The molecule has 0 radical (unpaired) electrons. The lowest BCUT2D eigenvalue weighted by molar-refractivity contribution is 0.443. The molecule has 0 bridgehead atoms. The smallest absolute Gasteiger partial charge is 0.0474 e. The summed E-state index contributed by atoms with van der Waals surface area (Å²) in [6, 6.07) is 0. The van der Waals surface area contributed by atoms with E-state index in [9.17, 15) is 0 Å². The van der Waals surface area contributed by atoms with E-state index in [1.807, 2.05) is 13.8 Å². The van der Waals surface area contributed by atoms with Crippen LogP contribution in [-0.2, 0) is 0 Å². The predicted molar refractivity (Wildman–Crippen MR) is 27.4 cm³/mol. The molecule has 0 aromatic carbocycles. The summed E-state index contributed by atoms with van der Waals surface area (Å²) >= 11 is 0. The van der Waals surface area contributed by atoms with E-state index < -0.39 is 0 Å². The molecule has 0 amide bonds. The fourth-order valence-corrected chi connectivity index (χ4v) is 0.125. The van der Waals surface area contributed by atoms with Gasteiger partial charge in [0, 0.05) is 13.3 Å². The van der Waals surface area contributed by atoms with Gasteiger partial charge in [-0.3, -0.25) is 10.6 Å². The first-order valence-electron chi connectivity index (χ1n) is 2.41. The quantitative estimate of drug-likeness (QED) is 0.439. The molecule has 2 heteroatoms. The van der Waals surface area contributed by atoms with E-state index in [1.54, 1.807) is 0 Å². The van der Waals surface area contributed by atoms with Crippen molar-refractivity contribution in [3.8, 4) is 0 Å². The Labute approximate surface area is 38.9 Å². The lowest BCUT2D eigenvalue weighted by Gasteiger charge is -2.13. The number of rotatable bonds is 0. The van der Waals surface area contributed by atoms with Crippen molar-refractivity contribution in [2.24, 2.45) is 0 Å². The van der Waals surface area contributed by atoms with Gasteiger partial charge in [-0.05, 0) is 0 Å². The molecular formula is C4H12N2. The van der Waals surface area contributed by atoms with E-state index in [4.69, 9.17) is 0 Å². The summed E-state index contributed by atoms with van der Waals surface area (Å²) in [5, 5.41) is 6.00. The van der Waals surface area contributed by atoms with Crippen molar-refractivity contribution in [2.45, 2.75) is 13.8 Å². The summed E-state index contributed by atoms with van der Waals surface area (Å²) in [5.41, 5.74) is 0. The lowest BCUT2D eigenvalue weighted by Crippen LogP contribution is -2.47. The Bertz CT molecular complexity index is 13.5. The average molecular weight is 88.2 g/mol. The SMILES string of the molecule is C1NCN1.CC. The Kier molecular flexibility index (Phi) is 4.85. The van der Waals surface area contributed by atoms with Gasteiger partial charge in [-0.2, -0.15) is 0 Å². The van der Waals surface area contributed by atoms with Crippen LogP contribution in [0.3, 0.4) is 0 Å². The maximum atomic E-state index is 3.00. The molecule has 6 heavy (non-hydrogen) atoms. The van der Waals surface area contributed by atoms with Crippen LogP contribution in [0.4, 0.5) is 0 Å². The van der Waals surface area contributed by atoms with Crippen molar-refractivity contribution >= 4 is 0 Å². The molecule has 1 fully saturated rings. The first kappa shape index (κ1) is 5.92. The van der Waals surface area contributed by atoms with E-state index in [2.05, 4.69) is 10.6 Å². The topological polar surface area (TPSA) is 24.1 Å². The highest BCUT2D eigenvalue weighted by molar-refractivity contribution is 4.48. The number of hydrogen-bond donors (Lipinski definition) is 2. The normalized spacial score (nSPS) is 17.0. The minimum Gasteiger partial charge on any atom is -0.292 e. The molecule has 0 atom stereocenters. The molecule has 0 aromatic rings. The van der Waals surface area contributed by atoms with Crippen molar-refractivity contribution in [3.63, 3.8) is 0 Å². The molecule has 0 aromatic heterocycles. The van der Waals surface area contributed by atoms with Gasteiger partial charge in [-0.1, -0.05) is 13.8 Å². The van der Waals surface area contributed by atoms with Gasteiger partial charge in [0.25, 0.3) is 0 Å². The Hall–Kier alpha value is -0.0800. The zero-order valence-corrected chi connectivity index (χ0v) is 4.41. The molecule has 1 aliphatic rings. The molecule has 1 rings (SSSR count). The summed E-state index contributed by atoms with van der Waals surface area (Å²) in [4.78, 5) is 0. The molecule has 1 heterocycles. The van der Waals surface area contributed by atoms with Gasteiger partial charge in [0.15, 0.2) is 0 Å². The third-order valence-electron chi connectivity index (χ3n) is 0.500. The van der Waals surface area contributed by atoms with Crippen molar-refractivity contribution in [1.82, 2.24) is 10.6 Å². The molecule has 2 nitrogen and oxygen atoms in total. The minimum atomic E-state index is 1.00. The second-order valence-corrected chi connectivity index (χ2v) is 0.854. The average Bonchev–Trinajstić information content (AvgIpc) is 1.36. The number of nitrogens with one attached hydrogen (secondary N) is 2. The van der Waals surface area contributed by atoms with Crippen LogP contribution in [-0.4, -0.2) is 13.3 Å². The summed E-state index contributed by atoms with van der Waals surface area (Å²) in [6.07, 6.45) is 0. The van der Waals surface area contributed by atoms with Gasteiger partial charge in [-0.15, -0.1) is 0 Å². The van der Waals surface area contributed by atoms with Crippen LogP contribution in [0.5, 0.6) is 0 Å². The van der Waals surface area contributed by atoms with Gasteiger partial charge < -0.3 is 0 Å². The van der Waals surface area contributed by atoms with Crippen LogP contribution in [0.25, 0.3) is 0 Å². The van der Waals surface area contributed by atoms with Crippen LogP contribution in [0.15, 0.2) is 0 Å². The van der Waals surface area contributed by atoms with Crippen LogP contribution < -0.4 is 10.6 Å². The van der Waals surface area contributed by atoms with Crippen molar-refractivity contribution in [3.05, 3.63) is 0 Å². The van der Waals surface area contributed by atoms with E-state index in [-0.39, 0.29) is 0 Å². The lowest BCUT2D eigenvalue weighted by atomic mass is 10.8. The molecule has 1 saturated heterocycles. The highest BCUT2D eigenvalue weighted by Crippen LogP contribution is 1.56. The molecule has 0 aliphatic carbocycles. The molecular weight excluding hydrogens is 76.1 g/mol.